The lowest BCUT2D eigenvalue weighted by atomic mass is 9.89. The lowest BCUT2D eigenvalue weighted by Gasteiger charge is -2.22. The summed E-state index contributed by atoms with van der Waals surface area (Å²) in [5.74, 6) is 1.25. The number of nitrogens with two attached hydrogens (primary N) is 1. The summed E-state index contributed by atoms with van der Waals surface area (Å²) in [6.45, 7) is 0.956. The van der Waals surface area contributed by atoms with Crippen LogP contribution in [0, 0.1) is 0 Å². The molecule has 1 atom stereocenters. The van der Waals surface area contributed by atoms with Gasteiger partial charge in [0.25, 0.3) is 0 Å². The molecular weight excluding hydrogens is 390 g/mol. The van der Waals surface area contributed by atoms with E-state index in [1.54, 1.807) is 14.2 Å². The van der Waals surface area contributed by atoms with E-state index in [-0.39, 0.29) is 24.2 Å². The summed E-state index contributed by atoms with van der Waals surface area (Å²) in [7, 11) is 3.25. The van der Waals surface area contributed by atoms with Crippen LogP contribution in [0.4, 0.5) is 0 Å². The summed E-state index contributed by atoms with van der Waals surface area (Å²) in [5.41, 5.74) is 8.64. The van der Waals surface area contributed by atoms with Crippen molar-refractivity contribution in [3.05, 3.63) is 59.8 Å². The first kappa shape index (κ1) is 22.6. The van der Waals surface area contributed by atoms with Crippen LogP contribution >= 0.6 is 12.4 Å². The Bertz CT molecular complexity index is 942. The average molecular weight is 418 g/mol. The van der Waals surface area contributed by atoms with E-state index in [0.29, 0.717) is 37.4 Å². The quantitative estimate of drug-likeness (QED) is 0.496. The van der Waals surface area contributed by atoms with Crippen LogP contribution in [-0.4, -0.2) is 38.2 Å². The minimum atomic E-state index is -0.0944. The lowest BCUT2D eigenvalue weighted by Crippen LogP contribution is -2.29. The number of hydrogen-bond acceptors (Lipinski definition) is 4. The molecule has 4 N–H and O–H groups in total. The van der Waals surface area contributed by atoms with E-state index in [1.165, 1.54) is 0 Å². The van der Waals surface area contributed by atoms with Crippen molar-refractivity contribution in [2.24, 2.45) is 5.73 Å². The SMILES string of the molecule is COc1cccc(C(CNC(=O)CCCN)c2c[nH]c3ccccc23)c1OC.Cl. The fraction of sp³-hybridized carbons (Fsp3) is 0.318. The summed E-state index contributed by atoms with van der Waals surface area (Å²) in [4.78, 5) is 15.5. The maximum atomic E-state index is 12.2. The third kappa shape index (κ3) is 5.02. The Morgan fingerprint density at radius 3 is 2.62 bits per heavy atom. The van der Waals surface area contributed by atoms with Gasteiger partial charge in [-0.1, -0.05) is 30.3 Å². The number of hydrogen-bond donors (Lipinski definition) is 3. The zero-order chi connectivity index (χ0) is 19.9. The third-order valence-electron chi connectivity index (χ3n) is 4.92. The Morgan fingerprint density at radius 1 is 1.10 bits per heavy atom. The van der Waals surface area contributed by atoms with Crippen molar-refractivity contribution in [1.82, 2.24) is 10.3 Å². The molecule has 0 fully saturated rings. The molecule has 3 aromatic rings. The molecule has 1 amide bonds. The van der Waals surface area contributed by atoms with Crippen LogP contribution in [0.2, 0.25) is 0 Å². The molecule has 1 heterocycles. The van der Waals surface area contributed by atoms with E-state index in [2.05, 4.69) is 16.4 Å². The molecule has 0 aliphatic heterocycles. The first-order valence-electron chi connectivity index (χ1n) is 9.43. The highest BCUT2D eigenvalue weighted by molar-refractivity contribution is 5.85. The summed E-state index contributed by atoms with van der Waals surface area (Å²) >= 11 is 0. The van der Waals surface area contributed by atoms with Gasteiger partial charge in [0.05, 0.1) is 14.2 Å². The Labute approximate surface area is 177 Å². The maximum Gasteiger partial charge on any atom is 0.220 e. The molecule has 7 heteroatoms. The molecule has 6 nitrogen and oxygen atoms in total. The first-order chi connectivity index (χ1) is 13.7. The van der Waals surface area contributed by atoms with Crippen LogP contribution < -0.4 is 20.5 Å². The second-order valence-corrected chi connectivity index (χ2v) is 6.62. The van der Waals surface area contributed by atoms with Crippen molar-refractivity contribution < 1.29 is 14.3 Å². The molecule has 0 radical (unpaired) electrons. The van der Waals surface area contributed by atoms with Crippen molar-refractivity contribution in [2.45, 2.75) is 18.8 Å². The number of aromatic amines is 1. The summed E-state index contributed by atoms with van der Waals surface area (Å²) < 4.78 is 11.1. The molecule has 0 saturated carbocycles. The fourth-order valence-corrected chi connectivity index (χ4v) is 3.52. The van der Waals surface area contributed by atoms with Crippen molar-refractivity contribution in [3.63, 3.8) is 0 Å². The molecule has 0 spiro atoms. The highest BCUT2D eigenvalue weighted by Gasteiger charge is 2.24. The second kappa shape index (κ2) is 10.7. The number of nitrogens with one attached hydrogen (secondary N) is 2. The molecule has 0 bridgehead atoms. The van der Waals surface area contributed by atoms with E-state index in [1.807, 2.05) is 42.6 Å². The molecule has 2 aromatic carbocycles. The van der Waals surface area contributed by atoms with Gasteiger partial charge >= 0.3 is 0 Å². The highest BCUT2D eigenvalue weighted by atomic mass is 35.5. The van der Waals surface area contributed by atoms with Crippen LogP contribution in [-0.2, 0) is 4.79 Å². The van der Waals surface area contributed by atoms with Gasteiger partial charge in [0.1, 0.15) is 0 Å². The molecule has 0 aliphatic rings. The summed E-state index contributed by atoms with van der Waals surface area (Å²) in [5, 5.41) is 4.17. The number of H-pyrrole nitrogens is 1. The van der Waals surface area contributed by atoms with Gasteiger partial charge in [-0.15, -0.1) is 12.4 Å². The molecule has 1 aromatic heterocycles. The number of halogens is 1. The number of carbonyl (C=O) groups is 1. The third-order valence-corrected chi connectivity index (χ3v) is 4.92. The van der Waals surface area contributed by atoms with Gasteiger partial charge in [-0.05, 0) is 30.7 Å². The fourth-order valence-electron chi connectivity index (χ4n) is 3.52. The monoisotopic (exact) mass is 417 g/mol. The largest absolute Gasteiger partial charge is 0.493 e. The zero-order valence-corrected chi connectivity index (χ0v) is 17.6. The van der Waals surface area contributed by atoms with Gasteiger partial charge in [0.2, 0.25) is 5.91 Å². The van der Waals surface area contributed by atoms with E-state index >= 15 is 0 Å². The lowest BCUT2D eigenvalue weighted by molar-refractivity contribution is -0.121. The minimum absolute atomic E-state index is 0. The normalized spacial score (nSPS) is 11.6. The van der Waals surface area contributed by atoms with Crippen molar-refractivity contribution in [3.8, 4) is 11.5 Å². The van der Waals surface area contributed by atoms with Crippen LogP contribution in [0.15, 0.2) is 48.7 Å². The van der Waals surface area contributed by atoms with Gasteiger partial charge in [0, 0.05) is 41.5 Å². The Kier molecular flexibility index (Phi) is 8.36. The summed E-state index contributed by atoms with van der Waals surface area (Å²) in [6, 6.07) is 14.0. The van der Waals surface area contributed by atoms with E-state index in [9.17, 15) is 4.79 Å². The number of rotatable bonds is 9. The van der Waals surface area contributed by atoms with Gasteiger partial charge in [-0.3, -0.25) is 4.79 Å². The summed E-state index contributed by atoms with van der Waals surface area (Å²) in [6.07, 6.45) is 3.10. The zero-order valence-electron chi connectivity index (χ0n) is 16.7. The van der Waals surface area contributed by atoms with Crippen LogP contribution in [0.1, 0.15) is 29.9 Å². The topological polar surface area (TPSA) is 89.4 Å². The predicted molar refractivity (Wildman–Crippen MR) is 118 cm³/mol. The number of aromatic nitrogens is 1. The smallest absolute Gasteiger partial charge is 0.220 e. The Balaban J connectivity index is 0.00000300. The average Bonchev–Trinajstić information content (AvgIpc) is 3.16. The molecular formula is C22H28ClN3O3. The number of methoxy groups -OCH3 is 2. The molecule has 3 rings (SSSR count). The van der Waals surface area contributed by atoms with Crippen molar-refractivity contribution >= 4 is 29.2 Å². The Hall–Kier alpha value is -2.70. The Morgan fingerprint density at radius 2 is 1.90 bits per heavy atom. The van der Waals surface area contributed by atoms with Crippen molar-refractivity contribution in [1.29, 1.82) is 0 Å². The van der Waals surface area contributed by atoms with Crippen LogP contribution in [0.25, 0.3) is 10.9 Å². The number of ether oxygens (including phenoxy) is 2. The standard InChI is InChI=1S/C22H27N3O3.ClH/c1-27-20-10-5-8-16(22(20)28-2)18(14-25-21(26)11-6-12-23)17-13-24-19-9-4-3-7-15(17)19;/h3-5,7-10,13,18,24H,6,11-12,14,23H2,1-2H3,(H,25,26);1H. The number of benzene rings is 2. The number of para-hydroxylation sites is 2. The predicted octanol–water partition coefficient (Wildman–Crippen LogP) is 3.59. The molecule has 0 aliphatic carbocycles. The van der Waals surface area contributed by atoms with Crippen molar-refractivity contribution in [2.75, 3.05) is 27.3 Å². The maximum absolute atomic E-state index is 12.2. The number of amides is 1. The van der Waals surface area contributed by atoms with E-state index < -0.39 is 0 Å². The number of carbonyl (C=O) groups excluding carboxylic acids is 1. The van der Waals surface area contributed by atoms with Gasteiger partial charge in [0.15, 0.2) is 11.5 Å². The molecule has 29 heavy (non-hydrogen) atoms. The van der Waals surface area contributed by atoms with Gasteiger partial charge in [-0.2, -0.15) is 0 Å². The first-order valence-corrected chi connectivity index (χ1v) is 9.43. The molecule has 0 saturated heterocycles. The van der Waals surface area contributed by atoms with E-state index in [0.717, 1.165) is 22.0 Å². The highest BCUT2D eigenvalue weighted by Crippen LogP contribution is 2.40. The van der Waals surface area contributed by atoms with E-state index in [4.69, 9.17) is 15.2 Å². The number of fused-ring (bicyclic) bond motifs is 1. The van der Waals surface area contributed by atoms with Crippen LogP contribution in [0.5, 0.6) is 11.5 Å². The second-order valence-electron chi connectivity index (χ2n) is 6.62. The molecule has 1 unspecified atom stereocenters. The van der Waals surface area contributed by atoms with Gasteiger partial charge < -0.3 is 25.5 Å². The van der Waals surface area contributed by atoms with Gasteiger partial charge in [-0.25, -0.2) is 0 Å². The minimum Gasteiger partial charge on any atom is -0.493 e. The van der Waals surface area contributed by atoms with Crippen LogP contribution in [0.3, 0.4) is 0 Å². The molecule has 156 valence electrons.